The largest absolute Gasteiger partial charge is 0.419 e. The average Bonchev–Trinajstić information content (AvgIpc) is 3.22. The van der Waals surface area contributed by atoms with Crippen LogP contribution in [0.25, 0.3) is 0 Å². The van der Waals surface area contributed by atoms with Gasteiger partial charge in [-0.1, -0.05) is 24.3 Å². The van der Waals surface area contributed by atoms with Gasteiger partial charge in [0.2, 0.25) is 10.0 Å². The number of halogens is 4. The van der Waals surface area contributed by atoms with E-state index in [1.165, 1.54) is 30.3 Å². The average molecular weight is 494 g/mol. The van der Waals surface area contributed by atoms with Crippen LogP contribution >= 0.6 is 11.3 Å². The van der Waals surface area contributed by atoms with Crippen molar-refractivity contribution in [1.29, 1.82) is 0 Å². The Morgan fingerprint density at radius 1 is 0.903 bits per heavy atom. The van der Waals surface area contributed by atoms with Crippen LogP contribution in [0.5, 0.6) is 0 Å². The maximum absolute atomic E-state index is 13.5. The SMILES string of the molecule is O=S(=O)(NC[C@@H](c1cccs1)S(=O)(=O)c1ccccc1)c1ccc(F)c(C(F)(F)F)c1. The second-order valence-corrected chi connectivity index (χ2v) is 11.2. The number of hydrogen-bond acceptors (Lipinski definition) is 5. The number of alkyl halides is 3. The second kappa shape index (κ2) is 8.69. The Hall–Kier alpha value is -2.28. The summed E-state index contributed by atoms with van der Waals surface area (Å²) in [4.78, 5) is -0.515. The zero-order valence-electron chi connectivity index (χ0n) is 15.5. The third-order valence-corrected chi connectivity index (χ3v) is 8.97. The maximum atomic E-state index is 13.5. The van der Waals surface area contributed by atoms with E-state index in [2.05, 4.69) is 0 Å². The number of rotatable bonds is 7. The monoisotopic (exact) mass is 493 g/mol. The van der Waals surface area contributed by atoms with Gasteiger partial charge in [0.05, 0.1) is 15.4 Å². The molecule has 166 valence electrons. The van der Waals surface area contributed by atoms with Crippen LogP contribution in [-0.4, -0.2) is 23.4 Å². The Morgan fingerprint density at radius 3 is 2.16 bits per heavy atom. The summed E-state index contributed by atoms with van der Waals surface area (Å²) in [5.74, 6) is -1.62. The van der Waals surface area contributed by atoms with Gasteiger partial charge in [0, 0.05) is 11.4 Å². The van der Waals surface area contributed by atoms with E-state index < -0.39 is 54.1 Å². The van der Waals surface area contributed by atoms with Crippen LogP contribution in [0.4, 0.5) is 17.6 Å². The van der Waals surface area contributed by atoms with Crippen molar-refractivity contribution >= 4 is 31.2 Å². The first-order valence-electron chi connectivity index (χ1n) is 8.62. The number of benzene rings is 2. The number of sulfone groups is 1. The molecule has 0 amide bonds. The molecule has 0 saturated heterocycles. The zero-order chi connectivity index (χ0) is 22.9. The van der Waals surface area contributed by atoms with E-state index in [1.807, 2.05) is 4.72 Å². The van der Waals surface area contributed by atoms with Crippen LogP contribution in [-0.2, 0) is 26.0 Å². The molecule has 0 aliphatic heterocycles. The first-order chi connectivity index (χ1) is 14.4. The van der Waals surface area contributed by atoms with Gasteiger partial charge in [0.25, 0.3) is 0 Å². The second-order valence-electron chi connectivity index (χ2n) is 6.35. The summed E-state index contributed by atoms with van der Waals surface area (Å²) in [7, 11) is -8.59. The summed E-state index contributed by atoms with van der Waals surface area (Å²) < 4.78 is 106. The highest BCUT2D eigenvalue weighted by Gasteiger charge is 2.36. The maximum Gasteiger partial charge on any atom is 0.419 e. The molecule has 0 aliphatic rings. The van der Waals surface area contributed by atoms with Crippen molar-refractivity contribution in [3.05, 3.63) is 82.3 Å². The van der Waals surface area contributed by atoms with Crippen LogP contribution in [0, 0.1) is 5.82 Å². The van der Waals surface area contributed by atoms with Gasteiger partial charge in [0.1, 0.15) is 11.1 Å². The lowest BCUT2D eigenvalue weighted by atomic mass is 10.2. The van der Waals surface area contributed by atoms with Crippen molar-refractivity contribution in [3.63, 3.8) is 0 Å². The number of sulfonamides is 1. The molecule has 0 aliphatic carbocycles. The Kier molecular flexibility index (Phi) is 6.56. The highest BCUT2D eigenvalue weighted by molar-refractivity contribution is 7.92. The van der Waals surface area contributed by atoms with Crippen molar-refractivity contribution in [2.24, 2.45) is 0 Å². The molecule has 12 heteroatoms. The Morgan fingerprint density at radius 2 is 1.58 bits per heavy atom. The fourth-order valence-corrected chi connectivity index (χ4v) is 6.75. The lowest BCUT2D eigenvalue weighted by molar-refractivity contribution is -0.140. The van der Waals surface area contributed by atoms with Gasteiger partial charge in [-0.15, -0.1) is 11.3 Å². The minimum Gasteiger partial charge on any atom is -0.223 e. The molecule has 3 rings (SSSR count). The fraction of sp³-hybridized carbons (Fsp3) is 0.158. The van der Waals surface area contributed by atoms with Crippen LogP contribution < -0.4 is 4.72 Å². The molecule has 0 unspecified atom stereocenters. The molecule has 31 heavy (non-hydrogen) atoms. The molecule has 1 atom stereocenters. The van der Waals surface area contributed by atoms with Crippen molar-refractivity contribution in [2.45, 2.75) is 21.2 Å². The summed E-state index contributed by atoms with van der Waals surface area (Å²) >= 11 is 1.09. The smallest absolute Gasteiger partial charge is 0.223 e. The van der Waals surface area contributed by atoms with E-state index in [9.17, 15) is 34.4 Å². The van der Waals surface area contributed by atoms with E-state index in [4.69, 9.17) is 0 Å². The molecule has 5 nitrogen and oxygen atoms in total. The third kappa shape index (κ3) is 5.14. The van der Waals surface area contributed by atoms with Crippen LogP contribution in [0.3, 0.4) is 0 Å². The first kappa shape index (κ1) is 23.4. The summed E-state index contributed by atoms with van der Waals surface area (Å²) in [5.41, 5.74) is -1.73. The third-order valence-electron chi connectivity index (χ3n) is 4.32. The fourth-order valence-electron chi connectivity index (χ4n) is 2.77. The number of nitrogens with one attached hydrogen (secondary N) is 1. The first-order valence-corrected chi connectivity index (χ1v) is 12.5. The Bertz CT molecular complexity index is 1260. The minimum atomic E-state index is -5.09. The predicted molar refractivity (Wildman–Crippen MR) is 107 cm³/mol. The highest BCUT2D eigenvalue weighted by atomic mass is 32.2. The standard InChI is InChI=1S/C19H15F4NO4S3/c20-16-9-8-14(11-15(16)19(21,22)23)31(27,28)24-12-18(17-7-4-10-29-17)30(25,26)13-5-2-1-3-6-13/h1-11,18,24H,12H2/t18-/m0/s1. The van der Waals surface area contributed by atoms with E-state index in [-0.39, 0.29) is 11.0 Å². The normalized spacial score (nSPS) is 13.8. The summed E-state index contributed by atoms with van der Waals surface area (Å²) in [5, 5.41) is 0.305. The van der Waals surface area contributed by atoms with Gasteiger partial charge in [0.15, 0.2) is 9.84 Å². The summed E-state index contributed by atoms with van der Waals surface area (Å²) in [6, 6.07) is 11.7. The van der Waals surface area contributed by atoms with Crippen molar-refractivity contribution < 1.29 is 34.4 Å². The van der Waals surface area contributed by atoms with Gasteiger partial charge < -0.3 is 0 Å². The molecule has 1 N–H and O–H groups in total. The summed E-state index contributed by atoms with van der Waals surface area (Å²) in [6.07, 6.45) is -5.09. The molecule has 0 saturated carbocycles. The Labute approximate surface area is 180 Å². The quantitative estimate of drug-likeness (QED) is 0.495. The van der Waals surface area contributed by atoms with Crippen LogP contribution in [0.1, 0.15) is 15.7 Å². The van der Waals surface area contributed by atoms with Gasteiger partial charge in [-0.25, -0.2) is 25.9 Å². The lowest BCUT2D eigenvalue weighted by Crippen LogP contribution is -2.32. The molecule has 0 bridgehead atoms. The zero-order valence-corrected chi connectivity index (χ0v) is 18.0. The van der Waals surface area contributed by atoms with Crippen LogP contribution in [0.2, 0.25) is 0 Å². The topological polar surface area (TPSA) is 80.3 Å². The molecule has 3 aromatic rings. The van der Waals surface area contributed by atoms with Gasteiger partial charge in [-0.2, -0.15) is 13.2 Å². The van der Waals surface area contributed by atoms with Gasteiger partial charge >= 0.3 is 6.18 Å². The van der Waals surface area contributed by atoms with E-state index in [0.717, 1.165) is 11.3 Å². The van der Waals surface area contributed by atoms with E-state index in [1.54, 1.807) is 17.5 Å². The molecule has 0 radical (unpaired) electrons. The molecule has 2 aromatic carbocycles. The lowest BCUT2D eigenvalue weighted by Gasteiger charge is -2.18. The molecule has 0 fully saturated rings. The summed E-state index contributed by atoms with van der Waals surface area (Å²) in [6.45, 7) is -0.626. The Balaban J connectivity index is 1.94. The van der Waals surface area contributed by atoms with Crippen molar-refractivity contribution in [3.8, 4) is 0 Å². The predicted octanol–water partition coefficient (Wildman–Crippen LogP) is 4.40. The van der Waals surface area contributed by atoms with Crippen molar-refractivity contribution in [1.82, 2.24) is 4.72 Å². The van der Waals surface area contributed by atoms with E-state index >= 15 is 0 Å². The van der Waals surface area contributed by atoms with E-state index in [0.29, 0.717) is 17.0 Å². The van der Waals surface area contributed by atoms with Crippen molar-refractivity contribution in [2.75, 3.05) is 6.54 Å². The molecule has 0 spiro atoms. The van der Waals surface area contributed by atoms with Gasteiger partial charge in [-0.05, 0) is 41.8 Å². The minimum absolute atomic E-state index is 0.0336. The molecular weight excluding hydrogens is 478 g/mol. The molecule has 1 aromatic heterocycles. The highest BCUT2D eigenvalue weighted by Crippen LogP contribution is 2.34. The van der Waals surface area contributed by atoms with Gasteiger partial charge in [-0.3, -0.25) is 0 Å². The molecular formula is C19H15F4NO4S3. The number of hydrogen-bond donors (Lipinski definition) is 1. The van der Waals surface area contributed by atoms with Crippen LogP contribution in [0.15, 0.2) is 75.8 Å². The number of thiophene rings is 1. The molecule has 1 heterocycles.